The van der Waals surface area contributed by atoms with Crippen molar-refractivity contribution >= 4 is 34.9 Å². The summed E-state index contributed by atoms with van der Waals surface area (Å²) in [6.07, 6.45) is 1.79. The highest BCUT2D eigenvalue weighted by molar-refractivity contribution is 6.42. The van der Waals surface area contributed by atoms with E-state index in [1.165, 1.54) is 0 Å². The number of aryl methyl sites for hydroxylation is 2. The summed E-state index contributed by atoms with van der Waals surface area (Å²) < 4.78 is 3.41. The number of hydrogen-bond acceptors (Lipinski definition) is 3. The molecule has 0 radical (unpaired) electrons. The van der Waals surface area contributed by atoms with Crippen molar-refractivity contribution in [1.82, 2.24) is 19.6 Å². The molecule has 1 aromatic carbocycles. The molecule has 8 heteroatoms. The first-order chi connectivity index (χ1) is 11.8. The van der Waals surface area contributed by atoms with E-state index in [-0.39, 0.29) is 5.91 Å². The van der Waals surface area contributed by atoms with E-state index in [1.54, 1.807) is 33.8 Å². The first-order valence-electron chi connectivity index (χ1n) is 7.64. The van der Waals surface area contributed by atoms with Crippen LogP contribution < -0.4 is 5.32 Å². The smallest absolute Gasteiger partial charge is 0.260 e. The molecule has 0 aliphatic carbocycles. The quantitative estimate of drug-likeness (QED) is 0.750. The number of aromatic nitrogens is 4. The maximum absolute atomic E-state index is 12.5. The molecule has 2 heterocycles. The monoisotopic (exact) mass is 377 g/mol. The van der Waals surface area contributed by atoms with Crippen LogP contribution in [0.1, 0.15) is 27.3 Å². The third kappa shape index (κ3) is 3.70. The molecular weight excluding hydrogens is 361 g/mol. The molecule has 0 fully saturated rings. The molecule has 130 valence electrons. The van der Waals surface area contributed by atoms with Crippen molar-refractivity contribution in [2.75, 3.05) is 5.32 Å². The van der Waals surface area contributed by atoms with Crippen molar-refractivity contribution in [3.63, 3.8) is 0 Å². The fourth-order valence-corrected chi connectivity index (χ4v) is 2.94. The summed E-state index contributed by atoms with van der Waals surface area (Å²) in [5.74, 6) is 0.260. The lowest BCUT2D eigenvalue weighted by atomic mass is 10.2. The van der Waals surface area contributed by atoms with E-state index in [9.17, 15) is 4.79 Å². The Kier molecular flexibility index (Phi) is 4.83. The van der Waals surface area contributed by atoms with Gasteiger partial charge in [-0.05, 0) is 31.5 Å². The van der Waals surface area contributed by atoms with E-state index in [0.29, 0.717) is 33.7 Å². The molecule has 1 amide bonds. The Hall–Kier alpha value is -2.31. The molecule has 0 saturated carbocycles. The normalized spacial score (nSPS) is 10.9. The van der Waals surface area contributed by atoms with Gasteiger partial charge in [-0.1, -0.05) is 29.3 Å². The average Bonchev–Trinajstić information content (AvgIpc) is 3.07. The van der Waals surface area contributed by atoms with Crippen molar-refractivity contribution in [1.29, 1.82) is 0 Å². The molecule has 1 N–H and O–H groups in total. The van der Waals surface area contributed by atoms with E-state index >= 15 is 0 Å². The van der Waals surface area contributed by atoms with Crippen LogP contribution in [-0.4, -0.2) is 25.5 Å². The molecule has 0 atom stereocenters. The molecule has 3 rings (SSSR count). The average molecular weight is 378 g/mol. The van der Waals surface area contributed by atoms with Crippen LogP contribution in [0, 0.1) is 13.8 Å². The lowest BCUT2D eigenvalue weighted by Gasteiger charge is -2.05. The second kappa shape index (κ2) is 6.90. The molecule has 6 nitrogen and oxygen atoms in total. The maximum Gasteiger partial charge on any atom is 0.260 e. The van der Waals surface area contributed by atoms with Gasteiger partial charge < -0.3 is 5.32 Å². The Labute approximate surface area is 155 Å². The topological polar surface area (TPSA) is 64.7 Å². The van der Waals surface area contributed by atoms with Crippen LogP contribution in [0.3, 0.4) is 0 Å². The maximum atomic E-state index is 12.5. The number of carbonyl (C=O) groups excluding carboxylic acids is 1. The summed E-state index contributed by atoms with van der Waals surface area (Å²) >= 11 is 11.9. The van der Waals surface area contributed by atoms with Crippen molar-refractivity contribution in [2.24, 2.45) is 7.05 Å². The Morgan fingerprint density at radius 1 is 1.16 bits per heavy atom. The first kappa shape index (κ1) is 17.5. The second-order valence-electron chi connectivity index (χ2n) is 5.77. The lowest BCUT2D eigenvalue weighted by molar-refractivity contribution is 0.102. The zero-order chi connectivity index (χ0) is 18.1. The summed E-state index contributed by atoms with van der Waals surface area (Å²) in [7, 11) is 1.81. The first-order valence-corrected chi connectivity index (χ1v) is 8.39. The number of amides is 1. The van der Waals surface area contributed by atoms with E-state index in [4.69, 9.17) is 23.2 Å². The largest absolute Gasteiger partial charge is 0.305 e. The van der Waals surface area contributed by atoms with Gasteiger partial charge >= 0.3 is 0 Å². The van der Waals surface area contributed by atoms with Gasteiger partial charge in [0.05, 0.1) is 27.8 Å². The number of carbonyl (C=O) groups is 1. The van der Waals surface area contributed by atoms with Gasteiger partial charge in [0.1, 0.15) is 0 Å². The summed E-state index contributed by atoms with van der Waals surface area (Å²) in [5, 5.41) is 12.5. The predicted molar refractivity (Wildman–Crippen MR) is 98.4 cm³/mol. The number of nitrogens with one attached hydrogen (secondary N) is 1. The molecule has 0 aliphatic heterocycles. The Bertz CT molecular complexity index is 945. The number of hydrogen-bond donors (Lipinski definition) is 1. The van der Waals surface area contributed by atoms with Crippen LogP contribution in [-0.2, 0) is 13.6 Å². The van der Waals surface area contributed by atoms with Gasteiger partial charge in [-0.3, -0.25) is 14.2 Å². The van der Waals surface area contributed by atoms with E-state index in [2.05, 4.69) is 15.5 Å². The summed E-state index contributed by atoms with van der Waals surface area (Å²) in [6.45, 7) is 4.19. The van der Waals surface area contributed by atoms with Crippen LogP contribution in [0.4, 0.5) is 5.82 Å². The Balaban J connectivity index is 1.73. The van der Waals surface area contributed by atoms with Crippen LogP contribution in [0.5, 0.6) is 0 Å². The standard InChI is InChI=1S/C17H17Cl2N5O/c1-10-16(11(2)23(3)21-10)17(25)20-15-6-7-24(22-15)9-12-4-5-13(18)14(19)8-12/h4-8H,9H2,1-3H3,(H,20,22,25). The molecule has 0 saturated heterocycles. The second-order valence-corrected chi connectivity index (χ2v) is 6.58. The SMILES string of the molecule is Cc1nn(C)c(C)c1C(=O)Nc1ccn(Cc2ccc(Cl)c(Cl)c2)n1. The summed E-state index contributed by atoms with van der Waals surface area (Å²) in [4.78, 5) is 12.5. The van der Waals surface area contributed by atoms with Crippen LogP contribution in [0.15, 0.2) is 30.5 Å². The molecule has 0 unspecified atom stereocenters. The molecule has 25 heavy (non-hydrogen) atoms. The van der Waals surface area contributed by atoms with Gasteiger partial charge in [0.25, 0.3) is 5.91 Å². The molecule has 0 aliphatic rings. The fourth-order valence-electron chi connectivity index (χ4n) is 2.62. The number of anilines is 1. The van der Waals surface area contributed by atoms with Gasteiger partial charge in [0.15, 0.2) is 5.82 Å². The predicted octanol–water partition coefficient (Wildman–Crippen LogP) is 3.84. The molecule has 3 aromatic rings. The molecule has 2 aromatic heterocycles. The number of rotatable bonds is 4. The van der Waals surface area contributed by atoms with E-state index in [1.807, 2.05) is 27.0 Å². The number of halogens is 2. The van der Waals surface area contributed by atoms with Crippen molar-refractivity contribution < 1.29 is 4.79 Å². The van der Waals surface area contributed by atoms with E-state index < -0.39 is 0 Å². The van der Waals surface area contributed by atoms with Gasteiger partial charge in [0.2, 0.25) is 0 Å². The third-order valence-electron chi connectivity index (χ3n) is 3.95. The van der Waals surface area contributed by atoms with Gasteiger partial charge in [-0.25, -0.2) is 0 Å². The minimum atomic E-state index is -0.220. The van der Waals surface area contributed by atoms with Crippen LogP contribution >= 0.6 is 23.2 Å². The zero-order valence-electron chi connectivity index (χ0n) is 14.0. The minimum Gasteiger partial charge on any atom is -0.305 e. The zero-order valence-corrected chi connectivity index (χ0v) is 15.6. The summed E-state index contributed by atoms with van der Waals surface area (Å²) in [6, 6.07) is 7.18. The van der Waals surface area contributed by atoms with Crippen molar-refractivity contribution in [3.05, 3.63) is 63.0 Å². The highest BCUT2D eigenvalue weighted by Crippen LogP contribution is 2.23. The van der Waals surface area contributed by atoms with Crippen molar-refractivity contribution in [3.8, 4) is 0 Å². The number of nitrogens with zero attached hydrogens (tertiary/aromatic N) is 4. The highest BCUT2D eigenvalue weighted by atomic mass is 35.5. The third-order valence-corrected chi connectivity index (χ3v) is 4.69. The van der Waals surface area contributed by atoms with Crippen molar-refractivity contribution in [2.45, 2.75) is 20.4 Å². The molecule has 0 bridgehead atoms. The fraction of sp³-hybridized carbons (Fsp3) is 0.235. The lowest BCUT2D eigenvalue weighted by Crippen LogP contribution is -2.15. The van der Waals surface area contributed by atoms with Gasteiger partial charge in [0, 0.05) is 25.0 Å². The molecular formula is C17H17Cl2N5O. The van der Waals surface area contributed by atoms with Gasteiger partial charge in [-0.15, -0.1) is 0 Å². The Morgan fingerprint density at radius 3 is 2.56 bits per heavy atom. The van der Waals surface area contributed by atoms with Gasteiger partial charge in [-0.2, -0.15) is 10.2 Å². The highest BCUT2D eigenvalue weighted by Gasteiger charge is 2.18. The summed E-state index contributed by atoms with van der Waals surface area (Å²) in [5.41, 5.74) is 3.04. The van der Waals surface area contributed by atoms with Crippen LogP contribution in [0.25, 0.3) is 0 Å². The molecule has 0 spiro atoms. The van der Waals surface area contributed by atoms with E-state index in [0.717, 1.165) is 11.3 Å². The Morgan fingerprint density at radius 2 is 1.92 bits per heavy atom. The number of benzene rings is 1. The van der Waals surface area contributed by atoms with Crippen LogP contribution in [0.2, 0.25) is 10.0 Å². The minimum absolute atomic E-state index is 0.220.